The Morgan fingerprint density at radius 1 is 1.57 bits per heavy atom. The molecule has 0 aliphatic rings. The fraction of sp³-hybridized carbons (Fsp3) is 0.900. The largest absolute Gasteiger partial charge is 0.383 e. The molecule has 0 rings (SSSR count). The first-order chi connectivity index (χ1) is 6.63. The number of ether oxygens (including phenoxy) is 1. The molecule has 0 saturated carbocycles. The van der Waals surface area contributed by atoms with Crippen LogP contribution in [0.3, 0.4) is 0 Å². The number of nitrogens with zero attached hydrogens (tertiary/aromatic N) is 1. The minimum absolute atomic E-state index is 0.00972. The van der Waals surface area contributed by atoms with E-state index >= 15 is 0 Å². The van der Waals surface area contributed by atoms with E-state index in [9.17, 15) is 4.79 Å². The van der Waals surface area contributed by atoms with Crippen LogP contribution in [0.2, 0.25) is 0 Å². The Hall–Kier alpha value is -0.610. The highest BCUT2D eigenvalue weighted by molar-refractivity contribution is 5.81. The zero-order valence-electron chi connectivity index (χ0n) is 9.45. The second-order valence-corrected chi connectivity index (χ2v) is 3.50. The van der Waals surface area contributed by atoms with Crippen molar-refractivity contribution in [3.05, 3.63) is 0 Å². The molecule has 0 aliphatic carbocycles. The second kappa shape index (κ2) is 7.76. The molecule has 0 spiro atoms. The lowest BCUT2D eigenvalue weighted by Crippen LogP contribution is -2.42. The molecule has 0 aromatic rings. The molecule has 4 nitrogen and oxygen atoms in total. The Bertz CT molecular complexity index is 146. The summed E-state index contributed by atoms with van der Waals surface area (Å²) in [5, 5.41) is 0. The average molecular weight is 202 g/mol. The molecule has 0 aromatic heterocycles. The molecular weight excluding hydrogens is 180 g/mol. The minimum Gasteiger partial charge on any atom is -0.383 e. The van der Waals surface area contributed by atoms with Gasteiger partial charge in [-0.15, -0.1) is 0 Å². The van der Waals surface area contributed by atoms with Gasteiger partial charge in [0, 0.05) is 20.7 Å². The van der Waals surface area contributed by atoms with Crippen molar-refractivity contribution in [1.82, 2.24) is 4.90 Å². The Morgan fingerprint density at radius 3 is 2.71 bits per heavy atom. The molecule has 2 N–H and O–H groups in total. The van der Waals surface area contributed by atoms with Crippen LogP contribution in [0, 0.1) is 0 Å². The van der Waals surface area contributed by atoms with E-state index in [-0.39, 0.29) is 11.9 Å². The van der Waals surface area contributed by atoms with Crippen LogP contribution in [0.25, 0.3) is 0 Å². The van der Waals surface area contributed by atoms with Gasteiger partial charge >= 0.3 is 0 Å². The number of unbranched alkanes of at least 4 members (excludes halogenated alkanes) is 1. The van der Waals surface area contributed by atoms with Crippen molar-refractivity contribution in [1.29, 1.82) is 0 Å². The number of hydrogen-bond donors (Lipinski definition) is 1. The summed E-state index contributed by atoms with van der Waals surface area (Å²) < 4.78 is 4.89. The number of hydrogen-bond acceptors (Lipinski definition) is 3. The highest BCUT2D eigenvalue weighted by Gasteiger charge is 2.16. The van der Waals surface area contributed by atoms with E-state index in [2.05, 4.69) is 6.92 Å². The summed E-state index contributed by atoms with van der Waals surface area (Å²) in [7, 11) is 3.38. The lowest BCUT2D eigenvalue weighted by atomic mass is 10.1. The smallest absolute Gasteiger partial charge is 0.239 e. The second-order valence-electron chi connectivity index (χ2n) is 3.50. The van der Waals surface area contributed by atoms with Crippen LogP contribution < -0.4 is 5.73 Å². The van der Waals surface area contributed by atoms with Crippen LogP contribution in [0.1, 0.15) is 26.2 Å². The van der Waals surface area contributed by atoms with Gasteiger partial charge in [0.2, 0.25) is 5.91 Å². The van der Waals surface area contributed by atoms with Gasteiger partial charge in [-0.2, -0.15) is 0 Å². The van der Waals surface area contributed by atoms with E-state index in [1.54, 1.807) is 19.1 Å². The Kier molecular flexibility index (Phi) is 7.42. The number of rotatable bonds is 7. The van der Waals surface area contributed by atoms with Crippen molar-refractivity contribution in [3.63, 3.8) is 0 Å². The Labute approximate surface area is 86.4 Å². The van der Waals surface area contributed by atoms with E-state index < -0.39 is 0 Å². The lowest BCUT2D eigenvalue weighted by Gasteiger charge is -2.20. The quantitative estimate of drug-likeness (QED) is 0.658. The van der Waals surface area contributed by atoms with Crippen molar-refractivity contribution in [2.24, 2.45) is 5.73 Å². The fourth-order valence-electron chi connectivity index (χ4n) is 1.17. The van der Waals surface area contributed by atoms with Gasteiger partial charge in [0.05, 0.1) is 12.6 Å². The zero-order chi connectivity index (χ0) is 11.0. The summed E-state index contributed by atoms with van der Waals surface area (Å²) in [5.41, 5.74) is 5.74. The maximum absolute atomic E-state index is 11.6. The summed E-state index contributed by atoms with van der Waals surface area (Å²) in [6, 6.07) is -0.350. The van der Waals surface area contributed by atoms with Gasteiger partial charge in [-0.1, -0.05) is 19.8 Å². The van der Waals surface area contributed by atoms with Gasteiger partial charge in [-0.05, 0) is 6.42 Å². The standard InChI is InChI=1S/C10H22N2O2/c1-4-5-6-9(11)10(13)12(2)7-8-14-3/h9H,4-8,11H2,1-3H3/t9-/m0/s1. The third kappa shape index (κ3) is 5.19. The fourth-order valence-corrected chi connectivity index (χ4v) is 1.17. The van der Waals surface area contributed by atoms with Crippen LogP contribution in [-0.4, -0.2) is 44.2 Å². The molecule has 0 bridgehead atoms. The van der Waals surface area contributed by atoms with E-state index in [0.29, 0.717) is 13.2 Å². The molecule has 84 valence electrons. The maximum atomic E-state index is 11.6. The van der Waals surface area contributed by atoms with Crippen LogP contribution in [0.5, 0.6) is 0 Å². The first kappa shape index (κ1) is 13.4. The van der Waals surface area contributed by atoms with Gasteiger partial charge < -0.3 is 15.4 Å². The molecule has 0 unspecified atom stereocenters. The maximum Gasteiger partial charge on any atom is 0.239 e. The van der Waals surface area contributed by atoms with E-state index in [4.69, 9.17) is 10.5 Å². The molecule has 0 fully saturated rings. The lowest BCUT2D eigenvalue weighted by molar-refractivity contribution is -0.132. The molecule has 0 radical (unpaired) electrons. The number of nitrogens with two attached hydrogens (primary N) is 1. The molecular formula is C10H22N2O2. The monoisotopic (exact) mass is 202 g/mol. The molecule has 14 heavy (non-hydrogen) atoms. The third-order valence-electron chi connectivity index (χ3n) is 2.19. The molecule has 1 amide bonds. The first-order valence-corrected chi connectivity index (χ1v) is 5.13. The Balaban J connectivity index is 3.78. The van der Waals surface area contributed by atoms with Gasteiger partial charge in [-0.3, -0.25) is 4.79 Å². The molecule has 0 heterocycles. The number of carbonyl (C=O) groups excluding carboxylic acids is 1. The first-order valence-electron chi connectivity index (χ1n) is 5.13. The highest BCUT2D eigenvalue weighted by Crippen LogP contribution is 2.01. The minimum atomic E-state index is -0.350. The van der Waals surface area contributed by atoms with Crippen molar-refractivity contribution in [3.8, 4) is 0 Å². The van der Waals surface area contributed by atoms with E-state index in [0.717, 1.165) is 19.3 Å². The number of methoxy groups -OCH3 is 1. The topological polar surface area (TPSA) is 55.6 Å². The summed E-state index contributed by atoms with van der Waals surface area (Å²) in [6.45, 7) is 3.25. The van der Waals surface area contributed by atoms with Gasteiger partial charge in [0.1, 0.15) is 0 Å². The average Bonchev–Trinajstić information content (AvgIpc) is 2.21. The van der Waals surface area contributed by atoms with Gasteiger partial charge in [0.25, 0.3) is 0 Å². The third-order valence-corrected chi connectivity index (χ3v) is 2.19. The van der Waals surface area contributed by atoms with Crippen molar-refractivity contribution < 1.29 is 9.53 Å². The predicted octanol–water partition coefficient (Wildman–Crippen LogP) is 0.609. The van der Waals surface area contributed by atoms with Gasteiger partial charge in [-0.25, -0.2) is 0 Å². The number of amides is 1. The molecule has 0 aliphatic heterocycles. The summed E-state index contributed by atoms with van der Waals surface area (Å²) in [4.78, 5) is 13.2. The zero-order valence-corrected chi connectivity index (χ0v) is 9.45. The van der Waals surface area contributed by atoms with E-state index in [1.807, 2.05) is 0 Å². The Morgan fingerprint density at radius 2 is 2.21 bits per heavy atom. The summed E-state index contributed by atoms with van der Waals surface area (Å²) in [6.07, 6.45) is 2.85. The summed E-state index contributed by atoms with van der Waals surface area (Å²) >= 11 is 0. The number of likely N-dealkylation sites (N-methyl/N-ethyl adjacent to an activating group) is 1. The summed E-state index contributed by atoms with van der Waals surface area (Å²) in [5.74, 6) is 0.00972. The van der Waals surface area contributed by atoms with Crippen LogP contribution in [-0.2, 0) is 9.53 Å². The van der Waals surface area contributed by atoms with Crippen LogP contribution in [0.15, 0.2) is 0 Å². The van der Waals surface area contributed by atoms with Crippen molar-refractivity contribution >= 4 is 5.91 Å². The molecule has 0 aromatic carbocycles. The number of carbonyl (C=O) groups is 1. The molecule has 4 heteroatoms. The molecule has 1 atom stereocenters. The van der Waals surface area contributed by atoms with Crippen LogP contribution in [0.4, 0.5) is 0 Å². The van der Waals surface area contributed by atoms with Crippen molar-refractivity contribution in [2.45, 2.75) is 32.2 Å². The van der Waals surface area contributed by atoms with Crippen LogP contribution >= 0.6 is 0 Å². The normalized spacial score (nSPS) is 12.6. The predicted molar refractivity (Wildman–Crippen MR) is 57.0 cm³/mol. The van der Waals surface area contributed by atoms with Gasteiger partial charge in [0.15, 0.2) is 0 Å². The molecule has 0 saturated heterocycles. The van der Waals surface area contributed by atoms with E-state index in [1.165, 1.54) is 0 Å². The SMILES string of the molecule is CCCC[C@H](N)C(=O)N(C)CCOC. The van der Waals surface area contributed by atoms with Crippen molar-refractivity contribution in [2.75, 3.05) is 27.3 Å². The highest BCUT2D eigenvalue weighted by atomic mass is 16.5.